The normalized spacial score (nSPS) is 12.3. The van der Waals surface area contributed by atoms with Crippen LogP contribution >= 0.6 is 0 Å². The number of aromatic nitrogens is 3. The third kappa shape index (κ3) is 7.04. The molecule has 0 unspecified atom stereocenters. The number of imidazole rings is 1. The van der Waals surface area contributed by atoms with Crippen molar-refractivity contribution in [2.24, 2.45) is 0 Å². The van der Waals surface area contributed by atoms with Gasteiger partial charge in [0.2, 0.25) is 0 Å². The van der Waals surface area contributed by atoms with Gasteiger partial charge in [-0.25, -0.2) is 4.98 Å². The van der Waals surface area contributed by atoms with Crippen LogP contribution in [0.5, 0.6) is 5.75 Å². The predicted octanol–water partition coefficient (Wildman–Crippen LogP) is 11.4. The Labute approximate surface area is 306 Å². The van der Waals surface area contributed by atoms with E-state index in [0.29, 0.717) is 11.4 Å². The zero-order valence-electron chi connectivity index (χ0n) is 30.7. The Morgan fingerprint density at radius 2 is 1.27 bits per heavy atom. The summed E-state index contributed by atoms with van der Waals surface area (Å²) in [5.41, 5.74) is 13.0. The van der Waals surface area contributed by atoms with Crippen molar-refractivity contribution in [2.75, 3.05) is 0 Å². The van der Waals surface area contributed by atoms with Crippen LogP contribution in [0.4, 0.5) is 0 Å². The molecule has 4 aromatic carbocycles. The number of pyridine rings is 1. The SMILES string of the molecule is Cc1cc(C)cc(-n2c(-c3ccccc3O)nc3c(-c4[c-]c(-c5ccccn5)c(C(C)(C)C)cc4C(C)(C)C)cc(C(C)(C)C)cc32)c1.[Pt]. The Bertz CT molecular complexity index is 2140. The molecule has 0 bridgehead atoms. The maximum Gasteiger partial charge on any atom is 0.148 e. The van der Waals surface area contributed by atoms with Gasteiger partial charge < -0.3 is 5.11 Å². The standard InChI is InChI=1S/C44H48N3O.Pt/c1-27-20-28(2)22-30(21-27)47-38-24-29(42(3,4)5)23-33(40(38)46-41(47)31-16-12-13-18-39(31)48)32-25-34(37-17-14-15-19-45-37)36(44(9,10)11)26-35(32)43(6,7)8;/h12-24,26,48H,1-11H3;/q-1;. The first-order valence-electron chi connectivity index (χ1n) is 16.9. The van der Waals surface area contributed by atoms with Gasteiger partial charge in [-0.3, -0.25) is 9.55 Å². The summed E-state index contributed by atoms with van der Waals surface area (Å²) in [5, 5.41) is 11.2. The van der Waals surface area contributed by atoms with Crippen LogP contribution in [0, 0.1) is 19.9 Å². The van der Waals surface area contributed by atoms with E-state index in [-0.39, 0.29) is 43.1 Å². The fraction of sp³-hybridized carbons (Fsp3) is 0.318. The van der Waals surface area contributed by atoms with Crippen molar-refractivity contribution in [2.45, 2.75) is 92.4 Å². The van der Waals surface area contributed by atoms with E-state index in [2.05, 4.69) is 129 Å². The van der Waals surface area contributed by atoms with Gasteiger partial charge in [0, 0.05) is 38.6 Å². The van der Waals surface area contributed by atoms with Crippen LogP contribution in [-0.2, 0) is 37.3 Å². The molecule has 49 heavy (non-hydrogen) atoms. The minimum Gasteiger partial charge on any atom is -0.507 e. The molecule has 256 valence electrons. The van der Waals surface area contributed by atoms with Gasteiger partial charge in [0.15, 0.2) is 0 Å². The van der Waals surface area contributed by atoms with Gasteiger partial charge in [-0.1, -0.05) is 110 Å². The molecule has 4 nitrogen and oxygen atoms in total. The van der Waals surface area contributed by atoms with Gasteiger partial charge in [0.25, 0.3) is 0 Å². The minimum atomic E-state index is -0.185. The minimum absolute atomic E-state index is 0. The number of phenolic OH excluding ortho intramolecular Hbond substituents is 1. The van der Waals surface area contributed by atoms with Gasteiger partial charge in [-0.2, -0.15) is 0 Å². The molecule has 0 saturated carbocycles. The summed E-state index contributed by atoms with van der Waals surface area (Å²) in [6, 6.07) is 31.1. The Morgan fingerprint density at radius 3 is 1.84 bits per heavy atom. The van der Waals surface area contributed by atoms with Gasteiger partial charge in [0.1, 0.15) is 11.6 Å². The molecule has 6 aromatic rings. The van der Waals surface area contributed by atoms with E-state index >= 15 is 0 Å². The van der Waals surface area contributed by atoms with E-state index in [1.807, 2.05) is 36.5 Å². The summed E-state index contributed by atoms with van der Waals surface area (Å²) in [4.78, 5) is 10.3. The van der Waals surface area contributed by atoms with Crippen molar-refractivity contribution in [1.82, 2.24) is 14.5 Å². The number of hydrogen-bond donors (Lipinski definition) is 1. The number of phenols is 1. The molecule has 0 saturated heterocycles. The summed E-state index contributed by atoms with van der Waals surface area (Å²) >= 11 is 0. The topological polar surface area (TPSA) is 50.9 Å². The van der Waals surface area contributed by atoms with Crippen molar-refractivity contribution in [3.05, 3.63) is 119 Å². The molecule has 0 fully saturated rings. The van der Waals surface area contributed by atoms with Crippen LogP contribution in [0.1, 0.15) is 90.1 Å². The zero-order chi connectivity index (χ0) is 34.8. The second-order valence-electron chi connectivity index (χ2n) is 16.3. The average molecular weight is 830 g/mol. The van der Waals surface area contributed by atoms with Crippen LogP contribution < -0.4 is 0 Å². The molecule has 0 amide bonds. The first kappa shape index (κ1) is 36.3. The molecule has 6 rings (SSSR count). The number of aryl methyl sites for hydroxylation is 2. The van der Waals surface area contributed by atoms with Gasteiger partial charge in [0.05, 0.1) is 16.6 Å². The molecule has 0 spiro atoms. The maximum absolute atomic E-state index is 11.2. The largest absolute Gasteiger partial charge is 0.507 e. The molecule has 0 atom stereocenters. The van der Waals surface area contributed by atoms with Gasteiger partial charge in [-0.15, -0.1) is 28.8 Å². The van der Waals surface area contributed by atoms with Crippen LogP contribution in [-0.4, -0.2) is 19.6 Å². The van der Waals surface area contributed by atoms with Crippen molar-refractivity contribution >= 4 is 11.0 Å². The fourth-order valence-corrected chi connectivity index (χ4v) is 6.64. The molecule has 0 radical (unpaired) electrons. The first-order valence-corrected chi connectivity index (χ1v) is 16.9. The second-order valence-corrected chi connectivity index (χ2v) is 16.3. The third-order valence-corrected chi connectivity index (χ3v) is 9.12. The molecule has 5 heteroatoms. The van der Waals surface area contributed by atoms with Crippen LogP contribution in [0.2, 0.25) is 0 Å². The van der Waals surface area contributed by atoms with E-state index < -0.39 is 0 Å². The average Bonchev–Trinajstić information content (AvgIpc) is 3.38. The van der Waals surface area contributed by atoms with E-state index in [1.54, 1.807) is 6.07 Å². The van der Waals surface area contributed by atoms with Crippen molar-refractivity contribution in [3.8, 4) is 45.2 Å². The molecule has 0 aliphatic carbocycles. The van der Waals surface area contributed by atoms with Crippen LogP contribution in [0.25, 0.3) is 50.5 Å². The molecular weight excluding hydrogens is 782 g/mol. The van der Waals surface area contributed by atoms with Crippen LogP contribution in [0.3, 0.4) is 0 Å². The van der Waals surface area contributed by atoms with Crippen molar-refractivity contribution < 1.29 is 26.2 Å². The predicted molar refractivity (Wildman–Crippen MR) is 201 cm³/mol. The smallest absolute Gasteiger partial charge is 0.148 e. The van der Waals surface area contributed by atoms with Gasteiger partial charge >= 0.3 is 0 Å². The monoisotopic (exact) mass is 829 g/mol. The van der Waals surface area contributed by atoms with E-state index in [9.17, 15) is 5.11 Å². The number of hydrogen-bond acceptors (Lipinski definition) is 3. The Kier molecular flexibility index (Phi) is 9.65. The van der Waals surface area contributed by atoms with E-state index in [4.69, 9.17) is 9.97 Å². The Balaban J connectivity index is 0.00000468. The summed E-state index contributed by atoms with van der Waals surface area (Å²) < 4.78 is 2.23. The molecule has 2 aromatic heterocycles. The van der Waals surface area contributed by atoms with Crippen molar-refractivity contribution in [3.63, 3.8) is 0 Å². The van der Waals surface area contributed by atoms with E-state index in [0.717, 1.165) is 39.1 Å². The quantitative estimate of drug-likeness (QED) is 0.180. The summed E-state index contributed by atoms with van der Waals surface area (Å²) in [6.07, 6.45) is 1.86. The summed E-state index contributed by atoms with van der Waals surface area (Å²) in [6.45, 7) is 24.6. The van der Waals surface area contributed by atoms with E-state index in [1.165, 1.54) is 27.8 Å². The van der Waals surface area contributed by atoms with Crippen molar-refractivity contribution in [1.29, 1.82) is 0 Å². The molecule has 0 aliphatic heterocycles. The maximum atomic E-state index is 11.2. The zero-order valence-corrected chi connectivity index (χ0v) is 33.0. The first-order chi connectivity index (χ1) is 22.4. The number of para-hydroxylation sites is 1. The molecule has 1 N–H and O–H groups in total. The van der Waals surface area contributed by atoms with Crippen LogP contribution in [0.15, 0.2) is 85.1 Å². The third-order valence-electron chi connectivity index (χ3n) is 9.12. The summed E-state index contributed by atoms with van der Waals surface area (Å²) in [5.74, 6) is 0.902. The Morgan fingerprint density at radius 1 is 0.653 bits per heavy atom. The number of fused-ring (bicyclic) bond motifs is 1. The number of aromatic hydroxyl groups is 1. The molecule has 0 aliphatic rings. The second kappa shape index (κ2) is 13.0. The molecular formula is C44H48N3OPt-. The molecule has 2 heterocycles. The number of nitrogens with zero attached hydrogens (tertiary/aromatic N) is 3. The van der Waals surface area contributed by atoms with Gasteiger partial charge in [-0.05, 0) is 83.2 Å². The Hall–Kier alpha value is -4.01. The summed E-state index contributed by atoms with van der Waals surface area (Å²) in [7, 11) is 0. The number of rotatable bonds is 4. The fourth-order valence-electron chi connectivity index (χ4n) is 6.64. The number of benzene rings is 4.